The normalized spacial score (nSPS) is 14.8. The molecule has 0 aromatic rings. The van der Waals surface area contributed by atoms with Crippen molar-refractivity contribution in [1.29, 1.82) is 0 Å². The Hall–Kier alpha value is -1.36. The summed E-state index contributed by atoms with van der Waals surface area (Å²) in [4.78, 5) is 14.4. The third-order valence-corrected chi connectivity index (χ3v) is 1.38. The van der Waals surface area contributed by atoms with Crippen molar-refractivity contribution in [3.8, 4) is 0 Å². The van der Waals surface area contributed by atoms with Crippen molar-refractivity contribution >= 4 is 11.7 Å². The third-order valence-electron chi connectivity index (χ3n) is 1.38. The van der Waals surface area contributed by atoms with E-state index in [0.717, 1.165) is 6.20 Å². The van der Waals surface area contributed by atoms with Crippen LogP contribution in [0.3, 0.4) is 0 Å². The second kappa shape index (κ2) is 6.19. The highest BCUT2D eigenvalue weighted by Crippen LogP contribution is 1.97. The molecule has 13 heavy (non-hydrogen) atoms. The quantitative estimate of drug-likeness (QED) is 0.516. The number of aliphatic carboxylic acids is 1. The van der Waals surface area contributed by atoms with E-state index in [-0.39, 0.29) is 18.4 Å². The van der Waals surface area contributed by atoms with Gasteiger partial charge in [-0.1, -0.05) is 0 Å². The molecule has 4 N–H and O–H groups in total. The Balaban J connectivity index is 4.43. The zero-order valence-corrected chi connectivity index (χ0v) is 7.47. The molecule has 1 atom stereocenters. The molecule has 0 fully saturated rings. The van der Waals surface area contributed by atoms with Gasteiger partial charge in [0.1, 0.15) is 5.71 Å². The summed E-state index contributed by atoms with van der Waals surface area (Å²) < 4.78 is 0. The van der Waals surface area contributed by atoms with Gasteiger partial charge >= 0.3 is 5.97 Å². The summed E-state index contributed by atoms with van der Waals surface area (Å²) in [5.74, 6) is -1.12. The van der Waals surface area contributed by atoms with E-state index in [9.17, 15) is 4.79 Å². The molecule has 0 saturated heterocycles. The Morgan fingerprint density at radius 3 is 2.69 bits per heavy atom. The molecule has 5 nitrogen and oxygen atoms in total. The lowest BCUT2D eigenvalue weighted by Crippen LogP contribution is -2.14. The standard InChI is InChI=1S/C8H14N2O3/c1-6(3-5-11)10-7(2-4-9)8(12)13/h2,4,6,11H,3,5,9H2,1H3,(H,12,13). The number of aliphatic hydroxyl groups is 1. The maximum Gasteiger partial charge on any atom is 0.354 e. The van der Waals surface area contributed by atoms with Gasteiger partial charge in [-0.25, -0.2) is 4.79 Å². The predicted molar refractivity (Wildman–Crippen MR) is 49.6 cm³/mol. The van der Waals surface area contributed by atoms with Gasteiger partial charge in [-0.05, 0) is 25.6 Å². The number of hydrogen-bond donors (Lipinski definition) is 3. The Bertz CT molecular complexity index is 223. The molecule has 0 spiro atoms. The van der Waals surface area contributed by atoms with Crippen LogP contribution in [0.1, 0.15) is 13.3 Å². The summed E-state index contributed by atoms with van der Waals surface area (Å²) in [6, 6.07) is -0.215. The molecule has 0 amide bonds. The fourth-order valence-corrected chi connectivity index (χ4v) is 0.750. The highest BCUT2D eigenvalue weighted by molar-refractivity contribution is 6.40. The highest BCUT2D eigenvalue weighted by atomic mass is 16.4. The topological polar surface area (TPSA) is 95.9 Å². The van der Waals surface area contributed by atoms with Crippen LogP contribution in [0.25, 0.3) is 0 Å². The number of nitrogens with zero attached hydrogens (tertiary/aromatic N) is 1. The first kappa shape index (κ1) is 11.6. The van der Waals surface area contributed by atoms with Crippen LogP contribution in [0.4, 0.5) is 0 Å². The van der Waals surface area contributed by atoms with Crippen LogP contribution >= 0.6 is 0 Å². The number of rotatable bonds is 5. The van der Waals surface area contributed by atoms with Gasteiger partial charge in [-0.3, -0.25) is 4.99 Å². The Morgan fingerprint density at radius 1 is 1.69 bits per heavy atom. The van der Waals surface area contributed by atoms with Crippen LogP contribution in [0.2, 0.25) is 0 Å². The number of aliphatic imine (C=N–C) groups is 1. The van der Waals surface area contributed by atoms with Gasteiger partial charge in [0.2, 0.25) is 0 Å². The predicted octanol–water partition coefficient (Wildman–Crippen LogP) is -0.245. The zero-order chi connectivity index (χ0) is 10.3. The average molecular weight is 186 g/mol. The summed E-state index contributed by atoms with van der Waals surface area (Å²) in [7, 11) is 0. The van der Waals surface area contributed by atoms with Crippen LogP contribution in [-0.2, 0) is 4.79 Å². The molecule has 0 aliphatic rings. The van der Waals surface area contributed by atoms with Gasteiger partial charge in [0.05, 0.1) is 6.04 Å². The summed E-state index contributed by atoms with van der Waals surface area (Å²) in [5.41, 5.74) is 4.95. The number of carboxylic acid groups (broad SMARTS) is 1. The highest BCUT2D eigenvalue weighted by Gasteiger charge is 2.07. The van der Waals surface area contributed by atoms with E-state index in [2.05, 4.69) is 4.99 Å². The van der Waals surface area contributed by atoms with Crippen molar-refractivity contribution in [3.05, 3.63) is 12.3 Å². The molecular formula is C8H14N2O3. The number of aliphatic hydroxyl groups excluding tert-OH is 1. The van der Waals surface area contributed by atoms with Crippen molar-refractivity contribution in [1.82, 2.24) is 0 Å². The van der Waals surface area contributed by atoms with Crippen LogP contribution < -0.4 is 5.73 Å². The van der Waals surface area contributed by atoms with E-state index >= 15 is 0 Å². The maximum absolute atomic E-state index is 10.5. The van der Waals surface area contributed by atoms with Gasteiger partial charge in [0.25, 0.3) is 0 Å². The van der Waals surface area contributed by atoms with E-state index in [1.165, 1.54) is 6.08 Å². The van der Waals surface area contributed by atoms with Crippen molar-refractivity contribution in [2.24, 2.45) is 10.7 Å². The lowest BCUT2D eigenvalue weighted by molar-refractivity contribution is -0.129. The van der Waals surface area contributed by atoms with E-state index in [4.69, 9.17) is 15.9 Å². The van der Waals surface area contributed by atoms with Gasteiger partial charge in [-0.15, -0.1) is 0 Å². The number of carboxylic acids is 1. The molecule has 74 valence electrons. The number of carbonyl (C=O) groups is 1. The molecule has 0 radical (unpaired) electrons. The van der Waals surface area contributed by atoms with Crippen molar-refractivity contribution in [2.75, 3.05) is 6.61 Å². The molecule has 0 heterocycles. The molecule has 0 saturated carbocycles. The van der Waals surface area contributed by atoms with Crippen molar-refractivity contribution in [3.63, 3.8) is 0 Å². The monoisotopic (exact) mass is 186 g/mol. The third kappa shape index (κ3) is 4.97. The molecular weight excluding hydrogens is 172 g/mol. The molecule has 0 aliphatic carbocycles. The van der Waals surface area contributed by atoms with E-state index in [1.807, 2.05) is 0 Å². The minimum Gasteiger partial charge on any atom is -0.477 e. The van der Waals surface area contributed by atoms with E-state index in [0.29, 0.717) is 6.42 Å². The molecule has 0 aromatic carbocycles. The fourth-order valence-electron chi connectivity index (χ4n) is 0.750. The van der Waals surface area contributed by atoms with Gasteiger partial charge in [0.15, 0.2) is 0 Å². The second-order valence-electron chi connectivity index (χ2n) is 2.54. The lowest BCUT2D eigenvalue weighted by Gasteiger charge is -2.03. The largest absolute Gasteiger partial charge is 0.477 e. The van der Waals surface area contributed by atoms with Crippen LogP contribution in [0.5, 0.6) is 0 Å². The van der Waals surface area contributed by atoms with E-state index in [1.54, 1.807) is 6.92 Å². The zero-order valence-electron chi connectivity index (χ0n) is 7.47. The summed E-state index contributed by atoms with van der Waals surface area (Å²) in [6.45, 7) is 1.72. The number of hydrogen-bond acceptors (Lipinski definition) is 4. The SMILES string of the molecule is CC(CCO)N=C(C=CN)C(=O)O. The molecule has 0 rings (SSSR count). The van der Waals surface area contributed by atoms with E-state index < -0.39 is 5.97 Å². The minimum atomic E-state index is -1.12. The molecule has 0 bridgehead atoms. The average Bonchev–Trinajstić information content (AvgIpc) is 2.04. The Kier molecular flexibility index (Phi) is 5.54. The van der Waals surface area contributed by atoms with Crippen molar-refractivity contribution < 1.29 is 15.0 Å². The Morgan fingerprint density at radius 2 is 2.31 bits per heavy atom. The molecule has 0 aliphatic heterocycles. The fraction of sp³-hybridized carbons (Fsp3) is 0.500. The smallest absolute Gasteiger partial charge is 0.354 e. The van der Waals surface area contributed by atoms with Gasteiger partial charge in [0, 0.05) is 6.61 Å². The molecule has 5 heteroatoms. The lowest BCUT2D eigenvalue weighted by atomic mass is 10.2. The van der Waals surface area contributed by atoms with Gasteiger partial charge in [-0.2, -0.15) is 0 Å². The van der Waals surface area contributed by atoms with Crippen LogP contribution in [0, 0.1) is 0 Å². The molecule has 0 aromatic heterocycles. The first-order valence-corrected chi connectivity index (χ1v) is 3.92. The minimum absolute atomic E-state index is 0.0100. The second-order valence-corrected chi connectivity index (χ2v) is 2.54. The summed E-state index contributed by atoms with van der Waals surface area (Å²) >= 11 is 0. The summed E-state index contributed by atoms with van der Waals surface area (Å²) in [6.07, 6.45) is 2.78. The number of nitrogens with two attached hydrogens (primary N) is 1. The van der Waals surface area contributed by atoms with Crippen LogP contribution in [-0.4, -0.2) is 34.5 Å². The van der Waals surface area contributed by atoms with Crippen LogP contribution in [0.15, 0.2) is 17.3 Å². The van der Waals surface area contributed by atoms with Crippen molar-refractivity contribution in [2.45, 2.75) is 19.4 Å². The first-order valence-electron chi connectivity index (χ1n) is 3.92. The summed E-state index contributed by atoms with van der Waals surface area (Å²) in [5, 5.41) is 17.2. The Labute approximate surface area is 76.6 Å². The van der Waals surface area contributed by atoms with Gasteiger partial charge < -0.3 is 15.9 Å². The molecule has 1 unspecified atom stereocenters. The first-order chi connectivity index (χ1) is 6.11. The maximum atomic E-state index is 10.5.